The maximum absolute atomic E-state index is 12.0. The van der Waals surface area contributed by atoms with Crippen LogP contribution in [0.1, 0.15) is 111 Å². The first-order valence-electron chi connectivity index (χ1n) is 9.96. The molecule has 2 nitrogen and oxygen atoms in total. The van der Waals surface area contributed by atoms with Gasteiger partial charge in [-0.2, -0.15) is 0 Å². The standard InChI is InChI=1S/C21H40O2.Sn.4H/c1-5-7-9-11-13-15-17-19(3)20(4)21(22)23-18-16-14-12-10-8-6-2;;;;;/h5-18H2,1-4H3;;;;;. The third kappa shape index (κ3) is 15.5. The number of esters is 1. The zero-order chi connectivity index (χ0) is 17.3. The van der Waals surface area contributed by atoms with Crippen molar-refractivity contribution >= 4 is 29.9 Å². The minimum absolute atomic E-state index is 0. The average molecular weight is 447 g/mol. The zero-order valence-corrected chi connectivity index (χ0v) is 16.2. The number of rotatable bonds is 15. The summed E-state index contributed by atoms with van der Waals surface area (Å²) in [6.45, 7) is 9.04. The van der Waals surface area contributed by atoms with E-state index in [1.54, 1.807) is 0 Å². The van der Waals surface area contributed by atoms with Gasteiger partial charge < -0.3 is 4.74 Å². The summed E-state index contributed by atoms with van der Waals surface area (Å²) < 4.78 is 5.39. The Morgan fingerprint density at radius 1 is 0.708 bits per heavy atom. The molecule has 0 saturated carbocycles. The normalized spacial score (nSPS) is 11.7. The number of allylic oxidation sites excluding steroid dienone is 1. The first kappa shape index (κ1) is 26.2. The van der Waals surface area contributed by atoms with Crippen LogP contribution in [0, 0.1) is 0 Å². The monoisotopic (exact) mass is 448 g/mol. The van der Waals surface area contributed by atoms with Crippen LogP contribution in [0.5, 0.6) is 0 Å². The SMILES string of the molecule is CCCCCCCCOC(=O)C(C)=C(C)CCCCCCCC.[SnH4]. The van der Waals surface area contributed by atoms with E-state index in [0.29, 0.717) is 6.61 Å². The molecule has 0 bridgehead atoms. The second-order valence-corrected chi connectivity index (χ2v) is 6.83. The number of ether oxygens (including phenoxy) is 1. The first-order valence-corrected chi connectivity index (χ1v) is 9.96. The Hall–Kier alpha value is 0.00870. The molecule has 0 unspecified atom stereocenters. The van der Waals surface area contributed by atoms with Crippen LogP contribution in [0.25, 0.3) is 0 Å². The first-order chi connectivity index (χ1) is 11.1. The molecular weight excluding hydrogens is 403 g/mol. The summed E-state index contributed by atoms with van der Waals surface area (Å²) in [6.07, 6.45) is 16.1. The van der Waals surface area contributed by atoms with E-state index in [0.717, 1.165) is 18.4 Å². The Bertz CT molecular complexity index is 324. The van der Waals surface area contributed by atoms with Gasteiger partial charge in [-0.15, -0.1) is 0 Å². The molecule has 0 fully saturated rings. The fourth-order valence-corrected chi connectivity index (χ4v) is 2.69. The maximum atomic E-state index is 12.0. The molecule has 0 saturated heterocycles. The molecule has 0 amide bonds. The van der Waals surface area contributed by atoms with Crippen LogP contribution >= 0.6 is 0 Å². The molecule has 0 spiro atoms. The van der Waals surface area contributed by atoms with Gasteiger partial charge in [0.1, 0.15) is 0 Å². The fourth-order valence-electron chi connectivity index (χ4n) is 2.69. The van der Waals surface area contributed by atoms with E-state index in [1.165, 1.54) is 76.2 Å². The molecular formula is C21H44O2Sn. The van der Waals surface area contributed by atoms with Crippen molar-refractivity contribution in [3.05, 3.63) is 11.1 Å². The third-order valence-corrected chi connectivity index (χ3v) is 4.58. The molecule has 0 aliphatic carbocycles. The van der Waals surface area contributed by atoms with E-state index in [4.69, 9.17) is 4.74 Å². The summed E-state index contributed by atoms with van der Waals surface area (Å²) in [6, 6.07) is 0. The number of hydrogen-bond acceptors (Lipinski definition) is 2. The third-order valence-electron chi connectivity index (χ3n) is 4.58. The van der Waals surface area contributed by atoms with Crippen molar-refractivity contribution in [1.82, 2.24) is 0 Å². The van der Waals surface area contributed by atoms with Crippen molar-refractivity contribution in [2.45, 2.75) is 111 Å². The van der Waals surface area contributed by atoms with Crippen LogP contribution in [0.4, 0.5) is 0 Å². The van der Waals surface area contributed by atoms with Crippen LogP contribution in [0.15, 0.2) is 11.1 Å². The average Bonchev–Trinajstić information content (AvgIpc) is 2.56. The Morgan fingerprint density at radius 3 is 1.71 bits per heavy atom. The van der Waals surface area contributed by atoms with Gasteiger partial charge in [-0.1, -0.05) is 83.6 Å². The van der Waals surface area contributed by atoms with E-state index in [-0.39, 0.29) is 29.9 Å². The van der Waals surface area contributed by atoms with Gasteiger partial charge in [0.25, 0.3) is 0 Å². The van der Waals surface area contributed by atoms with Gasteiger partial charge in [-0.25, -0.2) is 4.79 Å². The Morgan fingerprint density at radius 2 is 1.17 bits per heavy atom. The number of unbranched alkanes of at least 4 members (excludes halogenated alkanes) is 10. The van der Waals surface area contributed by atoms with Crippen LogP contribution in [0.3, 0.4) is 0 Å². The summed E-state index contributed by atoms with van der Waals surface area (Å²) >= 11 is 0. The molecule has 0 aliphatic heterocycles. The Kier molecular flexibility index (Phi) is 21.1. The van der Waals surface area contributed by atoms with Gasteiger partial charge in [-0.3, -0.25) is 0 Å². The van der Waals surface area contributed by atoms with E-state index in [2.05, 4.69) is 20.8 Å². The van der Waals surface area contributed by atoms with Gasteiger partial charge >= 0.3 is 29.9 Å². The molecule has 24 heavy (non-hydrogen) atoms. The minimum atomic E-state index is -0.109. The summed E-state index contributed by atoms with van der Waals surface area (Å²) in [5.41, 5.74) is 2.03. The zero-order valence-electron chi connectivity index (χ0n) is 16.2. The van der Waals surface area contributed by atoms with E-state index >= 15 is 0 Å². The number of hydrogen-bond donors (Lipinski definition) is 0. The number of carbonyl (C=O) groups is 1. The molecule has 0 aromatic carbocycles. The molecule has 0 atom stereocenters. The molecule has 0 rings (SSSR count). The molecule has 0 N–H and O–H groups in total. The van der Waals surface area contributed by atoms with Gasteiger partial charge in [0.15, 0.2) is 0 Å². The Labute approximate surface area is 168 Å². The van der Waals surface area contributed by atoms with Crippen LogP contribution in [-0.4, -0.2) is 36.5 Å². The topological polar surface area (TPSA) is 26.3 Å². The van der Waals surface area contributed by atoms with E-state index in [9.17, 15) is 4.79 Å². The molecule has 0 aromatic rings. The van der Waals surface area contributed by atoms with Crippen molar-refractivity contribution in [2.24, 2.45) is 0 Å². The quantitative estimate of drug-likeness (QED) is 0.143. The van der Waals surface area contributed by atoms with Crippen LogP contribution < -0.4 is 0 Å². The van der Waals surface area contributed by atoms with Gasteiger partial charge in [0, 0.05) is 5.57 Å². The summed E-state index contributed by atoms with van der Waals surface area (Å²) in [5.74, 6) is -0.109. The van der Waals surface area contributed by atoms with Gasteiger partial charge in [0.05, 0.1) is 6.61 Å². The fraction of sp³-hybridized carbons (Fsp3) is 0.857. The van der Waals surface area contributed by atoms with E-state index < -0.39 is 0 Å². The molecule has 0 aromatic heterocycles. The van der Waals surface area contributed by atoms with Crippen molar-refractivity contribution in [3.8, 4) is 0 Å². The second-order valence-electron chi connectivity index (χ2n) is 6.83. The second kappa shape index (κ2) is 19.3. The summed E-state index contributed by atoms with van der Waals surface area (Å²) in [4.78, 5) is 12.0. The Balaban J connectivity index is 0. The molecule has 0 heterocycles. The van der Waals surface area contributed by atoms with Crippen molar-refractivity contribution in [2.75, 3.05) is 6.61 Å². The van der Waals surface area contributed by atoms with Crippen LogP contribution in [0.2, 0.25) is 0 Å². The van der Waals surface area contributed by atoms with Crippen molar-refractivity contribution in [1.29, 1.82) is 0 Å². The summed E-state index contributed by atoms with van der Waals surface area (Å²) in [5, 5.41) is 0. The molecule has 144 valence electrons. The predicted octanol–water partition coefficient (Wildman–Crippen LogP) is 5.53. The van der Waals surface area contributed by atoms with Gasteiger partial charge in [-0.05, 0) is 33.1 Å². The van der Waals surface area contributed by atoms with Crippen LogP contribution in [-0.2, 0) is 9.53 Å². The van der Waals surface area contributed by atoms with Gasteiger partial charge in [0.2, 0.25) is 0 Å². The molecule has 0 aliphatic rings. The number of carbonyl (C=O) groups excluding carboxylic acids is 1. The molecule has 3 heteroatoms. The summed E-state index contributed by atoms with van der Waals surface area (Å²) in [7, 11) is 0. The van der Waals surface area contributed by atoms with Crippen molar-refractivity contribution < 1.29 is 9.53 Å². The predicted molar refractivity (Wildman–Crippen MR) is 112 cm³/mol. The van der Waals surface area contributed by atoms with Crippen molar-refractivity contribution in [3.63, 3.8) is 0 Å². The molecule has 0 radical (unpaired) electrons. The van der Waals surface area contributed by atoms with E-state index in [1.807, 2.05) is 6.92 Å².